The molecule has 1 aliphatic heterocycles. The third-order valence-electron chi connectivity index (χ3n) is 4.12. The molecule has 2 N–H and O–H groups in total. The van der Waals surface area contributed by atoms with Gasteiger partial charge in [0.25, 0.3) is 0 Å². The van der Waals surface area contributed by atoms with Crippen molar-refractivity contribution < 1.29 is 18.0 Å². The third-order valence-corrected chi connectivity index (χ3v) is 4.42. The quantitative estimate of drug-likeness (QED) is 0.881. The molecule has 21 heavy (non-hydrogen) atoms. The van der Waals surface area contributed by atoms with E-state index in [9.17, 15) is 18.0 Å². The van der Waals surface area contributed by atoms with E-state index in [-0.39, 0.29) is 16.3 Å². The summed E-state index contributed by atoms with van der Waals surface area (Å²) in [5, 5.41) is 5.50. The highest BCUT2D eigenvalue weighted by atomic mass is 35.5. The number of pyridine rings is 1. The molecule has 2 fully saturated rings. The number of nitrogens with one attached hydrogen (secondary N) is 2. The zero-order valence-electron chi connectivity index (χ0n) is 11.1. The number of nitrogens with zero attached hydrogens (tertiary/aromatic N) is 1. The van der Waals surface area contributed by atoms with Gasteiger partial charge in [0.2, 0.25) is 5.91 Å². The van der Waals surface area contributed by atoms with Gasteiger partial charge in [0, 0.05) is 6.04 Å². The number of anilines is 1. The van der Waals surface area contributed by atoms with E-state index >= 15 is 0 Å². The highest BCUT2D eigenvalue weighted by Gasteiger charge is 2.58. The first-order valence-corrected chi connectivity index (χ1v) is 6.87. The maximum atomic E-state index is 12.6. The second-order valence-electron chi connectivity index (χ2n) is 5.85. The van der Waals surface area contributed by atoms with Gasteiger partial charge in [-0.25, -0.2) is 4.98 Å². The first-order valence-electron chi connectivity index (χ1n) is 6.50. The van der Waals surface area contributed by atoms with Gasteiger partial charge in [0.05, 0.1) is 11.1 Å². The van der Waals surface area contributed by atoms with Crippen LogP contribution in [0.4, 0.5) is 19.0 Å². The van der Waals surface area contributed by atoms with E-state index in [0.29, 0.717) is 12.5 Å². The molecule has 0 aromatic carbocycles. The SMILES string of the molecule is CC12CC(C(=O)Nc3nc(C(F)(F)F)ccc3Cl)NC1C2. The Kier molecular flexibility index (Phi) is 3.18. The molecule has 0 bridgehead atoms. The van der Waals surface area contributed by atoms with E-state index < -0.39 is 23.8 Å². The number of fused-ring (bicyclic) bond motifs is 1. The topological polar surface area (TPSA) is 54.0 Å². The van der Waals surface area contributed by atoms with Gasteiger partial charge in [-0.05, 0) is 30.4 Å². The van der Waals surface area contributed by atoms with Gasteiger partial charge in [-0.2, -0.15) is 13.2 Å². The fourth-order valence-corrected chi connectivity index (χ4v) is 2.87. The fraction of sp³-hybridized carbons (Fsp3) is 0.538. The lowest BCUT2D eigenvalue weighted by molar-refractivity contribution is -0.141. The van der Waals surface area contributed by atoms with Crippen LogP contribution in [0.2, 0.25) is 5.02 Å². The number of hydrogen-bond acceptors (Lipinski definition) is 3. The molecule has 114 valence electrons. The smallest absolute Gasteiger partial charge is 0.308 e. The van der Waals surface area contributed by atoms with Gasteiger partial charge in [-0.15, -0.1) is 0 Å². The van der Waals surface area contributed by atoms with E-state index in [1.165, 1.54) is 0 Å². The van der Waals surface area contributed by atoms with Gasteiger partial charge in [-0.3, -0.25) is 4.79 Å². The zero-order valence-corrected chi connectivity index (χ0v) is 11.8. The maximum Gasteiger partial charge on any atom is 0.433 e. The van der Waals surface area contributed by atoms with Gasteiger partial charge >= 0.3 is 6.18 Å². The normalized spacial score (nSPS) is 30.9. The van der Waals surface area contributed by atoms with Crippen molar-refractivity contribution in [2.75, 3.05) is 5.32 Å². The molecule has 1 saturated heterocycles. The third kappa shape index (κ3) is 2.72. The number of hydrogen-bond donors (Lipinski definition) is 2. The zero-order chi connectivity index (χ0) is 15.4. The van der Waals surface area contributed by atoms with Crippen molar-refractivity contribution in [2.24, 2.45) is 5.41 Å². The molecule has 2 aliphatic rings. The summed E-state index contributed by atoms with van der Waals surface area (Å²) in [6, 6.07) is 1.76. The summed E-state index contributed by atoms with van der Waals surface area (Å²) in [6.07, 6.45) is -2.88. The Labute approximate surface area is 124 Å². The van der Waals surface area contributed by atoms with Crippen LogP contribution in [0.5, 0.6) is 0 Å². The van der Waals surface area contributed by atoms with Crippen molar-refractivity contribution in [1.29, 1.82) is 0 Å². The first-order chi connectivity index (χ1) is 9.69. The van der Waals surface area contributed by atoms with Crippen molar-refractivity contribution in [3.05, 3.63) is 22.8 Å². The molecule has 0 spiro atoms. The van der Waals surface area contributed by atoms with Gasteiger partial charge < -0.3 is 10.6 Å². The number of carbonyl (C=O) groups is 1. The van der Waals surface area contributed by atoms with Crippen molar-refractivity contribution in [3.8, 4) is 0 Å². The second kappa shape index (κ2) is 4.58. The molecule has 1 saturated carbocycles. The van der Waals surface area contributed by atoms with E-state index in [4.69, 9.17) is 11.6 Å². The van der Waals surface area contributed by atoms with Crippen LogP contribution in [-0.2, 0) is 11.0 Å². The van der Waals surface area contributed by atoms with Crippen LogP contribution in [0, 0.1) is 5.41 Å². The molecule has 3 unspecified atom stereocenters. The molecule has 1 aromatic heterocycles. The number of alkyl halides is 3. The molecule has 2 heterocycles. The molecule has 1 aromatic rings. The molecule has 3 atom stereocenters. The van der Waals surface area contributed by atoms with Crippen LogP contribution in [-0.4, -0.2) is 23.0 Å². The minimum absolute atomic E-state index is 0.0225. The number of carbonyl (C=O) groups excluding carboxylic acids is 1. The number of aromatic nitrogens is 1. The Morgan fingerprint density at radius 2 is 2.19 bits per heavy atom. The summed E-state index contributed by atoms with van der Waals surface area (Å²) in [4.78, 5) is 15.5. The lowest BCUT2D eigenvalue weighted by Gasteiger charge is -2.15. The summed E-state index contributed by atoms with van der Waals surface area (Å²) in [6.45, 7) is 2.08. The predicted octanol–water partition coefficient (Wildman–Crippen LogP) is 2.83. The van der Waals surface area contributed by atoms with E-state index in [1.807, 2.05) is 0 Å². The Bertz CT molecular complexity index is 607. The lowest BCUT2D eigenvalue weighted by Crippen LogP contribution is -2.38. The van der Waals surface area contributed by atoms with Crippen molar-refractivity contribution in [1.82, 2.24) is 10.3 Å². The van der Waals surface area contributed by atoms with Gasteiger partial charge in [0.15, 0.2) is 5.82 Å². The average Bonchev–Trinajstić information content (AvgIpc) is 2.88. The summed E-state index contributed by atoms with van der Waals surface area (Å²) >= 11 is 5.80. The molecule has 0 radical (unpaired) electrons. The first kappa shape index (κ1) is 14.6. The molecule has 8 heteroatoms. The average molecular weight is 320 g/mol. The van der Waals surface area contributed by atoms with E-state index in [2.05, 4.69) is 22.5 Å². The summed E-state index contributed by atoms with van der Waals surface area (Å²) in [5.41, 5.74) is -0.955. The van der Waals surface area contributed by atoms with Crippen LogP contribution in [0.25, 0.3) is 0 Å². The number of halogens is 4. The monoisotopic (exact) mass is 319 g/mol. The maximum absolute atomic E-state index is 12.6. The van der Waals surface area contributed by atoms with Crippen molar-refractivity contribution >= 4 is 23.3 Å². The Balaban J connectivity index is 1.74. The summed E-state index contributed by atoms with van der Waals surface area (Å²) < 4.78 is 37.8. The van der Waals surface area contributed by atoms with Crippen molar-refractivity contribution in [3.63, 3.8) is 0 Å². The predicted molar refractivity (Wildman–Crippen MR) is 70.9 cm³/mol. The summed E-state index contributed by atoms with van der Waals surface area (Å²) in [7, 11) is 0. The van der Waals surface area contributed by atoms with Crippen molar-refractivity contribution in [2.45, 2.75) is 38.0 Å². The number of amides is 1. The number of rotatable bonds is 2. The highest BCUT2D eigenvalue weighted by Crippen LogP contribution is 2.54. The second-order valence-corrected chi connectivity index (χ2v) is 6.26. The van der Waals surface area contributed by atoms with Crippen LogP contribution < -0.4 is 10.6 Å². The van der Waals surface area contributed by atoms with Gasteiger partial charge in [-0.1, -0.05) is 18.5 Å². The standard InChI is InChI=1S/C13H13ClF3N3O/c1-12-4-7(18-9(12)5-12)11(21)20-10-6(14)2-3-8(19-10)13(15,16)17/h2-3,7,9,18H,4-5H2,1H3,(H,19,20,21). The molecule has 1 aliphatic carbocycles. The van der Waals surface area contributed by atoms with Gasteiger partial charge in [0.1, 0.15) is 5.69 Å². The molecular weight excluding hydrogens is 307 g/mol. The molecule has 1 amide bonds. The fourth-order valence-electron chi connectivity index (χ4n) is 2.72. The van der Waals surface area contributed by atoms with E-state index in [1.54, 1.807) is 0 Å². The summed E-state index contributed by atoms with van der Waals surface area (Å²) in [5.74, 6) is -0.666. The minimum Gasteiger partial charge on any atom is -0.308 e. The van der Waals surface area contributed by atoms with Crippen LogP contribution in [0.3, 0.4) is 0 Å². The molecule has 4 nitrogen and oxygen atoms in total. The van der Waals surface area contributed by atoms with Crippen LogP contribution in [0.1, 0.15) is 25.5 Å². The highest BCUT2D eigenvalue weighted by molar-refractivity contribution is 6.33. The van der Waals surface area contributed by atoms with Crippen LogP contribution in [0.15, 0.2) is 12.1 Å². The minimum atomic E-state index is -4.58. The molecule has 3 rings (SSSR count). The van der Waals surface area contributed by atoms with E-state index in [0.717, 1.165) is 18.6 Å². The Morgan fingerprint density at radius 1 is 1.48 bits per heavy atom. The largest absolute Gasteiger partial charge is 0.433 e. The molecular formula is C13H13ClF3N3O. The number of piperidine rings is 1. The Hall–Kier alpha value is -1.34. The van der Waals surface area contributed by atoms with Crippen LogP contribution >= 0.6 is 11.6 Å². The Morgan fingerprint density at radius 3 is 2.76 bits per heavy atom. The lowest BCUT2D eigenvalue weighted by atomic mass is 10.0.